The number of hydrogen-bond acceptors (Lipinski definition) is 5. The van der Waals surface area contributed by atoms with Crippen LogP contribution < -0.4 is 5.32 Å². The lowest BCUT2D eigenvalue weighted by atomic mass is 9.87. The normalized spacial score (nSPS) is 14.9. The Bertz CT molecular complexity index is 969. The summed E-state index contributed by atoms with van der Waals surface area (Å²) in [6, 6.07) is 7.69. The lowest BCUT2D eigenvalue weighted by molar-refractivity contribution is -0.117. The summed E-state index contributed by atoms with van der Waals surface area (Å²) in [7, 11) is 0. The van der Waals surface area contributed by atoms with E-state index in [-0.39, 0.29) is 5.91 Å². The maximum atomic E-state index is 12.6. The first-order chi connectivity index (χ1) is 14.2. The number of nitrogens with zero attached hydrogens (tertiary/aromatic N) is 4. The second-order valence-electron chi connectivity index (χ2n) is 7.73. The maximum absolute atomic E-state index is 12.6. The Hall–Kier alpha value is -2.54. The number of benzene rings is 1. The fourth-order valence-corrected chi connectivity index (χ4v) is 4.26. The molecule has 29 heavy (non-hydrogen) atoms. The number of hydrogen-bond donors (Lipinski definition) is 2. The van der Waals surface area contributed by atoms with Crippen molar-refractivity contribution in [3.05, 3.63) is 40.8 Å². The number of nitrogens with one attached hydrogen (secondary N) is 2. The lowest BCUT2D eigenvalue weighted by Gasteiger charge is -2.21. The highest BCUT2D eigenvalue weighted by Crippen LogP contribution is 2.32. The molecule has 4 rings (SSSR count). The van der Waals surface area contributed by atoms with E-state index in [4.69, 9.17) is 16.6 Å². The number of H-pyrrole nitrogens is 1. The smallest absolute Gasteiger partial charge is 0.224 e. The number of carbonyl (C=O) groups is 1. The Kier molecular flexibility index (Phi) is 6.34. The summed E-state index contributed by atoms with van der Waals surface area (Å²) < 4.78 is 0. The molecular weight excluding hydrogens is 388 g/mol. The zero-order valence-electron chi connectivity index (χ0n) is 16.3. The van der Waals surface area contributed by atoms with Crippen molar-refractivity contribution in [1.29, 1.82) is 0 Å². The van der Waals surface area contributed by atoms with Crippen LogP contribution in [0.2, 0.25) is 5.02 Å². The first kappa shape index (κ1) is 19.8. The summed E-state index contributed by atoms with van der Waals surface area (Å²) in [4.78, 5) is 17.3. The number of pyridine rings is 1. The van der Waals surface area contributed by atoms with Crippen LogP contribution in [0.1, 0.15) is 56.5 Å². The van der Waals surface area contributed by atoms with E-state index in [1.165, 1.54) is 19.3 Å². The van der Waals surface area contributed by atoms with Gasteiger partial charge in [-0.25, -0.2) is 0 Å². The second-order valence-corrected chi connectivity index (χ2v) is 8.14. The number of halogens is 1. The van der Waals surface area contributed by atoms with Crippen molar-refractivity contribution in [3.8, 4) is 0 Å². The number of aryl methyl sites for hydroxylation is 2. The van der Waals surface area contributed by atoms with Gasteiger partial charge in [-0.1, -0.05) is 36.1 Å². The predicted molar refractivity (Wildman–Crippen MR) is 113 cm³/mol. The van der Waals surface area contributed by atoms with Crippen LogP contribution in [0.5, 0.6) is 0 Å². The van der Waals surface area contributed by atoms with Gasteiger partial charge in [-0.2, -0.15) is 5.21 Å². The second kappa shape index (κ2) is 9.31. The van der Waals surface area contributed by atoms with Crippen LogP contribution in [0.3, 0.4) is 0 Å². The number of amides is 1. The van der Waals surface area contributed by atoms with E-state index in [2.05, 4.69) is 25.9 Å². The van der Waals surface area contributed by atoms with Gasteiger partial charge in [-0.05, 0) is 55.9 Å². The van der Waals surface area contributed by atoms with Gasteiger partial charge < -0.3 is 5.32 Å². The van der Waals surface area contributed by atoms with E-state index < -0.39 is 0 Å². The minimum Gasteiger partial charge on any atom is -0.324 e. The van der Waals surface area contributed by atoms with Crippen molar-refractivity contribution < 1.29 is 4.79 Å². The van der Waals surface area contributed by atoms with Crippen molar-refractivity contribution in [3.63, 3.8) is 0 Å². The van der Waals surface area contributed by atoms with Gasteiger partial charge in [0, 0.05) is 23.9 Å². The molecule has 0 bridgehead atoms. The number of aromatic nitrogens is 5. The maximum Gasteiger partial charge on any atom is 0.224 e. The van der Waals surface area contributed by atoms with E-state index in [1.54, 1.807) is 6.07 Å². The Morgan fingerprint density at radius 3 is 2.79 bits per heavy atom. The zero-order valence-corrected chi connectivity index (χ0v) is 17.1. The molecule has 1 amide bonds. The fourth-order valence-electron chi connectivity index (χ4n) is 4.05. The molecule has 0 atom stereocenters. The topological polar surface area (TPSA) is 96.5 Å². The first-order valence-electron chi connectivity index (χ1n) is 10.3. The van der Waals surface area contributed by atoms with Crippen LogP contribution in [0, 0.1) is 5.92 Å². The van der Waals surface area contributed by atoms with E-state index in [0.29, 0.717) is 28.9 Å². The molecule has 1 aliphatic rings. The molecule has 1 aliphatic carbocycles. The molecule has 0 radical (unpaired) electrons. The molecule has 2 heterocycles. The average molecular weight is 413 g/mol. The van der Waals surface area contributed by atoms with Gasteiger partial charge >= 0.3 is 0 Å². The average Bonchev–Trinajstić information content (AvgIpc) is 3.24. The number of carbonyl (C=O) groups excluding carboxylic acids is 1. The van der Waals surface area contributed by atoms with Crippen LogP contribution in [0.15, 0.2) is 24.3 Å². The molecule has 152 valence electrons. The highest BCUT2D eigenvalue weighted by atomic mass is 35.5. The van der Waals surface area contributed by atoms with Crippen molar-refractivity contribution in [1.82, 2.24) is 25.6 Å². The SMILES string of the molecule is O=C(CC1CCCCC1)Nc1c(Cl)ccc2nc(CCCc3nn[nH]n3)ccc12. The molecule has 7 nitrogen and oxygen atoms in total. The van der Waals surface area contributed by atoms with Crippen LogP contribution in [-0.2, 0) is 17.6 Å². The zero-order chi connectivity index (χ0) is 20.1. The number of anilines is 1. The van der Waals surface area contributed by atoms with Gasteiger partial charge in [-0.15, -0.1) is 10.2 Å². The van der Waals surface area contributed by atoms with Crippen LogP contribution >= 0.6 is 11.6 Å². The Morgan fingerprint density at radius 2 is 2.00 bits per heavy atom. The number of tetrazole rings is 1. The molecule has 0 unspecified atom stereocenters. The summed E-state index contributed by atoms with van der Waals surface area (Å²) in [5, 5.41) is 18.4. The summed E-state index contributed by atoms with van der Waals surface area (Å²) in [6.07, 6.45) is 9.05. The van der Waals surface area contributed by atoms with Gasteiger partial charge in [0.15, 0.2) is 5.82 Å². The molecule has 2 aromatic heterocycles. The van der Waals surface area contributed by atoms with Gasteiger partial charge in [0.1, 0.15) is 0 Å². The minimum atomic E-state index is 0.0375. The fraction of sp³-hybridized carbons (Fsp3) is 0.476. The predicted octanol–water partition coefficient (Wildman–Crippen LogP) is 4.49. The molecule has 0 spiro atoms. The first-order valence-corrected chi connectivity index (χ1v) is 10.7. The Morgan fingerprint density at radius 1 is 1.14 bits per heavy atom. The van der Waals surface area contributed by atoms with Crippen molar-refractivity contribution >= 4 is 34.1 Å². The third-order valence-electron chi connectivity index (χ3n) is 5.56. The van der Waals surface area contributed by atoms with Crippen LogP contribution in [0.25, 0.3) is 10.9 Å². The molecule has 0 aliphatic heterocycles. The summed E-state index contributed by atoms with van der Waals surface area (Å²) in [5.74, 6) is 1.23. The van der Waals surface area contributed by atoms with E-state index in [9.17, 15) is 4.79 Å². The molecule has 1 saturated carbocycles. The van der Waals surface area contributed by atoms with Crippen molar-refractivity contribution in [2.45, 2.75) is 57.8 Å². The van der Waals surface area contributed by atoms with Crippen molar-refractivity contribution in [2.24, 2.45) is 5.92 Å². The third-order valence-corrected chi connectivity index (χ3v) is 5.88. The molecule has 3 aromatic rings. The van der Waals surface area contributed by atoms with Crippen LogP contribution in [-0.4, -0.2) is 31.5 Å². The highest BCUT2D eigenvalue weighted by molar-refractivity contribution is 6.35. The summed E-state index contributed by atoms with van der Waals surface area (Å²) in [5.41, 5.74) is 2.48. The molecule has 1 fully saturated rings. The minimum absolute atomic E-state index is 0.0375. The quantitative estimate of drug-likeness (QED) is 0.596. The van der Waals surface area contributed by atoms with Crippen LogP contribution in [0.4, 0.5) is 5.69 Å². The number of fused-ring (bicyclic) bond motifs is 1. The summed E-state index contributed by atoms with van der Waals surface area (Å²) in [6.45, 7) is 0. The number of aromatic amines is 1. The van der Waals surface area contributed by atoms with Gasteiger partial charge in [-0.3, -0.25) is 9.78 Å². The summed E-state index contributed by atoms with van der Waals surface area (Å²) >= 11 is 6.41. The van der Waals surface area contributed by atoms with Gasteiger partial charge in [0.2, 0.25) is 5.91 Å². The standard InChI is InChI=1S/C21H25ClN6O/c22-17-11-12-18-16(21(17)24-20(29)13-14-5-2-1-3-6-14)10-9-15(23-18)7-4-8-19-25-27-28-26-19/h9-12,14H,1-8,13H2,(H,24,29)(H,25,26,27,28). The highest BCUT2D eigenvalue weighted by Gasteiger charge is 2.18. The molecule has 2 N–H and O–H groups in total. The number of rotatable bonds is 7. The Balaban J connectivity index is 1.44. The van der Waals surface area contributed by atoms with E-state index in [1.807, 2.05) is 18.2 Å². The monoisotopic (exact) mass is 412 g/mol. The van der Waals surface area contributed by atoms with Gasteiger partial charge in [0.25, 0.3) is 0 Å². The molecular formula is C21H25ClN6O. The van der Waals surface area contributed by atoms with Gasteiger partial charge in [0.05, 0.1) is 16.2 Å². The Labute approximate surface area is 174 Å². The van der Waals surface area contributed by atoms with E-state index >= 15 is 0 Å². The molecule has 8 heteroatoms. The molecule has 0 saturated heterocycles. The van der Waals surface area contributed by atoms with E-state index in [0.717, 1.165) is 48.7 Å². The third kappa shape index (κ3) is 5.09. The lowest BCUT2D eigenvalue weighted by Crippen LogP contribution is -2.18. The largest absolute Gasteiger partial charge is 0.324 e. The van der Waals surface area contributed by atoms with Crippen molar-refractivity contribution in [2.75, 3.05) is 5.32 Å². The molecule has 1 aromatic carbocycles.